The molecule has 1 aromatic rings. The highest BCUT2D eigenvalue weighted by Crippen LogP contribution is 2.17. The molecule has 122 valence electrons. The van der Waals surface area contributed by atoms with E-state index in [0.717, 1.165) is 16.6 Å². The van der Waals surface area contributed by atoms with Crippen molar-refractivity contribution in [2.75, 3.05) is 40.3 Å². The van der Waals surface area contributed by atoms with Gasteiger partial charge in [-0.15, -0.1) is 21.5 Å². The molecule has 0 spiro atoms. The van der Waals surface area contributed by atoms with Crippen LogP contribution in [0, 0.1) is 12.8 Å². The van der Waals surface area contributed by atoms with Crippen molar-refractivity contribution in [3.05, 3.63) is 10.0 Å². The van der Waals surface area contributed by atoms with E-state index >= 15 is 0 Å². The minimum absolute atomic E-state index is 0.0399. The monoisotopic (exact) mass is 325 g/mol. The van der Waals surface area contributed by atoms with E-state index < -0.39 is 0 Å². The van der Waals surface area contributed by atoms with Gasteiger partial charge in [-0.1, -0.05) is 0 Å². The summed E-state index contributed by atoms with van der Waals surface area (Å²) in [5.74, 6) is -0.200. The van der Waals surface area contributed by atoms with Gasteiger partial charge in [0.05, 0.1) is 5.92 Å². The summed E-state index contributed by atoms with van der Waals surface area (Å²) >= 11 is 1.54. The Balaban J connectivity index is 1.72. The molecule has 1 aromatic heterocycles. The molecule has 1 N–H and O–H groups in total. The van der Waals surface area contributed by atoms with Gasteiger partial charge in [0, 0.05) is 39.0 Å². The van der Waals surface area contributed by atoms with Crippen LogP contribution in [-0.2, 0) is 16.0 Å². The summed E-state index contributed by atoms with van der Waals surface area (Å²) < 4.78 is 0. The zero-order valence-electron chi connectivity index (χ0n) is 13.3. The molecule has 1 aliphatic heterocycles. The molecule has 0 radical (unpaired) electrons. The van der Waals surface area contributed by atoms with E-state index in [1.807, 2.05) is 25.9 Å². The molecule has 1 aliphatic rings. The van der Waals surface area contributed by atoms with Crippen LogP contribution in [0.2, 0.25) is 0 Å². The van der Waals surface area contributed by atoms with Crippen molar-refractivity contribution in [2.24, 2.45) is 5.92 Å². The Bertz CT molecular complexity index is 531. The van der Waals surface area contributed by atoms with Crippen LogP contribution in [-0.4, -0.2) is 72.1 Å². The molecule has 8 heteroatoms. The number of aryl methyl sites for hydroxylation is 1. The smallest absolute Gasteiger partial charge is 0.225 e. The summed E-state index contributed by atoms with van der Waals surface area (Å²) in [4.78, 5) is 27.9. The summed E-state index contributed by atoms with van der Waals surface area (Å²) in [6.07, 6.45) is 0.999. The molecule has 1 atom stereocenters. The third-order valence-electron chi connectivity index (χ3n) is 3.61. The number of hydrogen-bond donors (Lipinski definition) is 1. The lowest BCUT2D eigenvalue weighted by Crippen LogP contribution is -2.36. The zero-order chi connectivity index (χ0) is 16.1. The van der Waals surface area contributed by atoms with Crippen LogP contribution in [0.15, 0.2) is 0 Å². The number of carbonyl (C=O) groups is 2. The Labute approximate surface area is 134 Å². The highest BCUT2D eigenvalue weighted by atomic mass is 32.1. The first-order valence-electron chi connectivity index (χ1n) is 7.45. The standard InChI is InChI=1S/C14H23N5O2S/c1-10-16-17-12(22-10)4-5-15-14(21)11-8-13(20)19(9-11)7-6-18(2)3/h11H,4-9H2,1-3H3,(H,15,21). The Hall–Kier alpha value is -1.54. The number of rotatable bonds is 7. The van der Waals surface area contributed by atoms with Gasteiger partial charge in [0.15, 0.2) is 0 Å². The van der Waals surface area contributed by atoms with Gasteiger partial charge in [0.1, 0.15) is 10.0 Å². The minimum atomic E-state index is -0.231. The van der Waals surface area contributed by atoms with Crippen LogP contribution >= 0.6 is 11.3 Å². The van der Waals surface area contributed by atoms with Crippen LogP contribution in [0.25, 0.3) is 0 Å². The molecule has 7 nitrogen and oxygen atoms in total. The van der Waals surface area contributed by atoms with E-state index in [1.165, 1.54) is 0 Å². The maximum Gasteiger partial charge on any atom is 0.225 e. The number of hydrogen-bond acceptors (Lipinski definition) is 6. The van der Waals surface area contributed by atoms with Crippen molar-refractivity contribution in [3.63, 3.8) is 0 Å². The number of likely N-dealkylation sites (N-methyl/N-ethyl adjacent to an activating group) is 1. The SMILES string of the molecule is Cc1nnc(CCNC(=O)C2CC(=O)N(CCN(C)C)C2)s1. The van der Waals surface area contributed by atoms with E-state index in [2.05, 4.69) is 15.5 Å². The second kappa shape index (κ2) is 7.64. The molecule has 22 heavy (non-hydrogen) atoms. The van der Waals surface area contributed by atoms with Crippen LogP contribution < -0.4 is 5.32 Å². The van der Waals surface area contributed by atoms with E-state index in [9.17, 15) is 9.59 Å². The number of aromatic nitrogens is 2. The van der Waals surface area contributed by atoms with Gasteiger partial charge in [0.25, 0.3) is 0 Å². The zero-order valence-corrected chi connectivity index (χ0v) is 14.2. The molecule has 0 saturated carbocycles. The Morgan fingerprint density at radius 1 is 1.45 bits per heavy atom. The number of carbonyl (C=O) groups excluding carboxylic acids is 2. The van der Waals surface area contributed by atoms with Crippen molar-refractivity contribution < 1.29 is 9.59 Å². The molecular weight excluding hydrogens is 302 g/mol. The average Bonchev–Trinajstić information content (AvgIpc) is 3.03. The third kappa shape index (κ3) is 4.74. The predicted molar refractivity (Wildman–Crippen MR) is 84.6 cm³/mol. The van der Waals surface area contributed by atoms with Crippen molar-refractivity contribution in [1.82, 2.24) is 25.3 Å². The summed E-state index contributed by atoms with van der Waals surface area (Å²) in [6, 6.07) is 0. The van der Waals surface area contributed by atoms with Gasteiger partial charge >= 0.3 is 0 Å². The number of nitrogens with one attached hydrogen (secondary N) is 1. The molecule has 2 heterocycles. The van der Waals surface area contributed by atoms with E-state index in [1.54, 1.807) is 16.2 Å². The van der Waals surface area contributed by atoms with Crippen molar-refractivity contribution in [3.8, 4) is 0 Å². The lowest BCUT2D eigenvalue weighted by molar-refractivity contribution is -0.129. The predicted octanol–water partition coefficient (Wildman–Crippen LogP) is -0.0847. The highest BCUT2D eigenvalue weighted by Gasteiger charge is 2.33. The van der Waals surface area contributed by atoms with Gasteiger partial charge in [-0.25, -0.2) is 0 Å². The molecule has 2 rings (SSSR count). The first-order chi connectivity index (χ1) is 10.5. The molecule has 1 saturated heterocycles. The lowest BCUT2D eigenvalue weighted by Gasteiger charge is -2.19. The molecule has 1 fully saturated rings. The Morgan fingerprint density at radius 2 is 2.23 bits per heavy atom. The number of likely N-dealkylation sites (tertiary alicyclic amines) is 1. The average molecular weight is 325 g/mol. The van der Waals surface area contributed by atoms with Gasteiger partial charge in [-0.2, -0.15) is 0 Å². The fourth-order valence-corrected chi connectivity index (χ4v) is 3.07. The molecule has 1 unspecified atom stereocenters. The minimum Gasteiger partial charge on any atom is -0.355 e. The van der Waals surface area contributed by atoms with Crippen molar-refractivity contribution in [1.29, 1.82) is 0 Å². The largest absolute Gasteiger partial charge is 0.355 e. The molecular formula is C14H23N5O2S. The van der Waals surface area contributed by atoms with Crippen LogP contribution in [0.4, 0.5) is 0 Å². The summed E-state index contributed by atoms with van der Waals surface area (Å²) in [7, 11) is 3.94. The van der Waals surface area contributed by atoms with Gasteiger partial charge in [-0.3, -0.25) is 9.59 Å². The third-order valence-corrected chi connectivity index (χ3v) is 4.51. The van der Waals surface area contributed by atoms with Gasteiger partial charge in [-0.05, 0) is 21.0 Å². The fourth-order valence-electron chi connectivity index (χ4n) is 2.36. The van der Waals surface area contributed by atoms with Gasteiger partial charge in [0.2, 0.25) is 11.8 Å². The normalized spacial score (nSPS) is 18.3. The van der Waals surface area contributed by atoms with Gasteiger partial charge < -0.3 is 15.1 Å². The molecule has 0 bridgehead atoms. The van der Waals surface area contributed by atoms with E-state index in [4.69, 9.17) is 0 Å². The first-order valence-corrected chi connectivity index (χ1v) is 8.26. The van der Waals surface area contributed by atoms with Crippen LogP contribution in [0.5, 0.6) is 0 Å². The maximum atomic E-state index is 12.1. The highest BCUT2D eigenvalue weighted by molar-refractivity contribution is 7.11. The number of nitrogens with zero attached hydrogens (tertiary/aromatic N) is 4. The number of amides is 2. The van der Waals surface area contributed by atoms with Crippen LogP contribution in [0.1, 0.15) is 16.4 Å². The van der Waals surface area contributed by atoms with Crippen molar-refractivity contribution >= 4 is 23.2 Å². The summed E-state index contributed by atoms with van der Waals surface area (Å²) in [5.41, 5.74) is 0. The lowest BCUT2D eigenvalue weighted by atomic mass is 10.1. The molecule has 0 aliphatic carbocycles. The fraction of sp³-hybridized carbons (Fsp3) is 0.714. The summed E-state index contributed by atoms with van der Waals surface area (Å²) in [5, 5.41) is 12.7. The van der Waals surface area contributed by atoms with E-state index in [0.29, 0.717) is 32.5 Å². The van der Waals surface area contributed by atoms with Crippen LogP contribution in [0.3, 0.4) is 0 Å². The Kier molecular flexibility index (Phi) is 5.84. The molecule has 0 aromatic carbocycles. The second-order valence-corrected chi connectivity index (χ2v) is 7.07. The summed E-state index contributed by atoms with van der Waals surface area (Å²) in [6.45, 7) is 4.47. The molecule has 2 amide bonds. The maximum absolute atomic E-state index is 12.1. The van der Waals surface area contributed by atoms with E-state index in [-0.39, 0.29) is 17.7 Å². The first kappa shape index (κ1) is 16.8. The Morgan fingerprint density at radius 3 is 2.86 bits per heavy atom. The topological polar surface area (TPSA) is 78.4 Å². The second-order valence-electron chi connectivity index (χ2n) is 5.80. The van der Waals surface area contributed by atoms with Crippen molar-refractivity contribution in [2.45, 2.75) is 19.8 Å². The quantitative estimate of drug-likeness (QED) is 0.758.